The summed E-state index contributed by atoms with van der Waals surface area (Å²) in [6, 6.07) is 4.34. The highest BCUT2D eigenvalue weighted by atomic mass is 16.3. The van der Waals surface area contributed by atoms with Gasteiger partial charge < -0.3 is 20.4 Å². The molecule has 0 aromatic carbocycles. The lowest BCUT2D eigenvalue weighted by atomic mass is 9.89. The van der Waals surface area contributed by atoms with Gasteiger partial charge in [-0.1, -0.05) is 19.3 Å². The molecule has 1 amide bonds. The Balaban J connectivity index is 1.47. The summed E-state index contributed by atoms with van der Waals surface area (Å²) in [5.41, 5.74) is 0. The molecule has 0 radical (unpaired) electrons. The maximum Gasteiger partial charge on any atom is 0.233 e. The Hall–Kier alpha value is -2.02. The van der Waals surface area contributed by atoms with Gasteiger partial charge in [-0.2, -0.15) is 0 Å². The van der Waals surface area contributed by atoms with E-state index in [-0.39, 0.29) is 5.91 Å². The number of hydrogen-bond acceptors (Lipinski definition) is 4. The van der Waals surface area contributed by atoms with Crippen LogP contribution in [0.3, 0.4) is 0 Å². The third-order valence-electron chi connectivity index (χ3n) is 6.05. The fraction of sp³-hybridized carbons (Fsp3) is 0.727. The van der Waals surface area contributed by atoms with E-state index in [1.165, 1.54) is 32.1 Å². The second-order valence-electron chi connectivity index (χ2n) is 8.32. The van der Waals surface area contributed by atoms with E-state index in [9.17, 15) is 4.79 Å². The molecule has 29 heavy (non-hydrogen) atoms. The minimum absolute atomic E-state index is 0.0886. The Bertz CT molecular complexity index is 617. The molecule has 1 aliphatic heterocycles. The first-order valence-corrected chi connectivity index (χ1v) is 11.2. The van der Waals surface area contributed by atoms with Crippen LogP contribution >= 0.6 is 0 Å². The van der Waals surface area contributed by atoms with Crippen molar-refractivity contribution >= 4 is 11.9 Å². The second kappa shape index (κ2) is 11.9. The Morgan fingerprint density at radius 2 is 2.00 bits per heavy atom. The lowest BCUT2D eigenvalue weighted by Crippen LogP contribution is -2.50. The number of piperidine rings is 1. The number of furan rings is 1. The van der Waals surface area contributed by atoms with E-state index in [4.69, 9.17) is 9.41 Å². The highest BCUT2D eigenvalue weighted by molar-refractivity contribution is 5.80. The number of nitrogens with one attached hydrogen (secondary N) is 3. The van der Waals surface area contributed by atoms with Crippen LogP contribution in [0.4, 0.5) is 0 Å². The second-order valence-corrected chi connectivity index (χ2v) is 8.32. The first kappa shape index (κ1) is 21.7. The van der Waals surface area contributed by atoms with Crippen LogP contribution < -0.4 is 16.0 Å². The van der Waals surface area contributed by atoms with Gasteiger partial charge in [-0.05, 0) is 43.7 Å². The quantitative estimate of drug-likeness (QED) is 0.458. The predicted molar refractivity (Wildman–Crippen MR) is 116 cm³/mol. The molecule has 2 heterocycles. The summed E-state index contributed by atoms with van der Waals surface area (Å²) >= 11 is 0. The predicted octanol–water partition coefficient (Wildman–Crippen LogP) is 2.15. The van der Waals surface area contributed by atoms with Crippen LogP contribution in [-0.2, 0) is 11.2 Å². The highest BCUT2D eigenvalue weighted by Crippen LogP contribution is 2.23. The fourth-order valence-corrected chi connectivity index (χ4v) is 4.21. The Morgan fingerprint density at radius 3 is 2.69 bits per heavy atom. The third kappa shape index (κ3) is 7.72. The summed E-state index contributed by atoms with van der Waals surface area (Å²) in [7, 11) is 1.69. The van der Waals surface area contributed by atoms with Crippen molar-refractivity contribution in [3.8, 4) is 0 Å². The van der Waals surface area contributed by atoms with E-state index < -0.39 is 0 Å². The molecule has 1 aromatic rings. The molecule has 1 saturated carbocycles. The highest BCUT2D eigenvalue weighted by Gasteiger charge is 2.21. The van der Waals surface area contributed by atoms with Crippen LogP contribution in [0.2, 0.25) is 0 Å². The van der Waals surface area contributed by atoms with Crippen molar-refractivity contribution in [1.82, 2.24) is 20.9 Å². The smallest absolute Gasteiger partial charge is 0.233 e. The number of carbonyl (C=O) groups excluding carboxylic acids is 1. The van der Waals surface area contributed by atoms with Crippen molar-refractivity contribution in [1.29, 1.82) is 0 Å². The first-order valence-electron chi connectivity index (χ1n) is 11.2. The van der Waals surface area contributed by atoms with E-state index in [1.54, 1.807) is 13.3 Å². The van der Waals surface area contributed by atoms with Crippen LogP contribution in [0.15, 0.2) is 27.8 Å². The number of guanidine groups is 1. The van der Waals surface area contributed by atoms with Crippen LogP contribution in [0.1, 0.15) is 50.7 Å². The molecule has 0 spiro atoms. The summed E-state index contributed by atoms with van der Waals surface area (Å²) in [5, 5.41) is 9.85. The third-order valence-corrected chi connectivity index (χ3v) is 6.05. The topological polar surface area (TPSA) is 81.9 Å². The molecule has 2 fully saturated rings. The maximum atomic E-state index is 11.6. The number of amides is 1. The van der Waals surface area contributed by atoms with Crippen molar-refractivity contribution < 1.29 is 9.21 Å². The van der Waals surface area contributed by atoms with Gasteiger partial charge in [-0.15, -0.1) is 0 Å². The number of likely N-dealkylation sites (N-methyl/N-ethyl adjacent to an activating group) is 1. The van der Waals surface area contributed by atoms with Crippen LogP contribution in [-0.4, -0.2) is 62.6 Å². The van der Waals surface area contributed by atoms with Crippen LogP contribution in [0, 0.1) is 5.92 Å². The summed E-state index contributed by atoms with van der Waals surface area (Å²) < 4.78 is 5.43. The summed E-state index contributed by atoms with van der Waals surface area (Å²) in [5.74, 6) is 2.73. The number of hydrogen-bond donors (Lipinski definition) is 3. The molecule has 2 aliphatic rings. The lowest BCUT2D eigenvalue weighted by Gasteiger charge is -2.32. The van der Waals surface area contributed by atoms with E-state index in [0.717, 1.165) is 63.1 Å². The van der Waals surface area contributed by atoms with Crippen LogP contribution in [0.5, 0.6) is 0 Å². The average Bonchev–Trinajstić information content (AvgIpc) is 3.27. The van der Waals surface area contributed by atoms with Gasteiger partial charge in [0.05, 0.1) is 12.8 Å². The molecular formula is C22H37N5O2. The molecule has 3 N–H and O–H groups in total. The monoisotopic (exact) mass is 403 g/mol. The summed E-state index contributed by atoms with van der Waals surface area (Å²) in [4.78, 5) is 18.7. The van der Waals surface area contributed by atoms with Crippen molar-refractivity contribution in [3.05, 3.63) is 24.2 Å². The fourth-order valence-electron chi connectivity index (χ4n) is 4.21. The molecule has 1 saturated heterocycles. The molecule has 0 unspecified atom stereocenters. The van der Waals surface area contributed by atoms with Gasteiger partial charge in [0.1, 0.15) is 5.76 Å². The largest absolute Gasteiger partial charge is 0.469 e. The van der Waals surface area contributed by atoms with Gasteiger partial charge in [0.15, 0.2) is 5.96 Å². The number of likely N-dealkylation sites (tertiary alicyclic amines) is 1. The Kier molecular flexibility index (Phi) is 8.86. The van der Waals surface area contributed by atoms with Crippen molar-refractivity contribution in [3.63, 3.8) is 0 Å². The normalized spacial score (nSPS) is 19.8. The van der Waals surface area contributed by atoms with E-state index in [2.05, 4.69) is 20.9 Å². The Morgan fingerprint density at radius 1 is 1.21 bits per heavy atom. The summed E-state index contributed by atoms with van der Waals surface area (Å²) in [6.07, 6.45) is 11.3. The molecule has 7 nitrogen and oxygen atoms in total. The molecule has 162 valence electrons. The molecule has 7 heteroatoms. The van der Waals surface area contributed by atoms with Crippen LogP contribution in [0.25, 0.3) is 0 Å². The van der Waals surface area contributed by atoms with Gasteiger partial charge in [0.2, 0.25) is 5.91 Å². The SMILES string of the molecule is CNC(=O)CN1CCC(NC(=NCC2CCCCC2)NCCc2ccco2)CC1. The molecule has 1 aromatic heterocycles. The molecule has 0 atom stereocenters. The number of carbonyl (C=O) groups is 1. The number of aliphatic imine (C=N–C) groups is 1. The standard InChI is InChI=1S/C22H37N5O2/c1-23-21(28)17-27-13-10-19(11-14-27)26-22(24-12-9-20-8-5-15-29-20)25-16-18-6-3-2-4-7-18/h5,8,15,18-19H,2-4,6-7,9-14,16-17H2,1H3,(H,23,28)(H2,24,25,26). The van der Waals surface area contributed by atoms with E-state index in [1.807, 2.05) is 12.1 Å². The van der Waals surface area contributed by atoms with E-state index >= 15 is 0 Å². The van der Waals surface area contributed by atoms with Gasteiger partial charge in [0, 0.05) is 45.7 Å². The summed E-state index contributed by atoms with van der Waals surface area (Å²) in [6.45, 7) is 4.08. The zero-order valence-corrected chi connectivity index (χ0v) is 17.8. The zero-order chi connectivity index (χ0) is 20.3. The number of rotatable bonds is 8. The molecule has 3 rings (SSSR count). The van der Waals surface area contributed by atoms with E-state index in [0.29, 0.717) is 12.6 Å². The Labute approximate surface area is 174 Å². The molecule has 0 bridgehead atoms. The minimum Gasteiger partial charge on any atom is -0.469 e. The van der Waals surface area contributed by atoms with Crippen molar-refractivity contribution in [2.75, 3.05) is 39.8 Å². The van der Waals surface area contributed by atoms with Gasteiger partial charge in [-0.25, -0.2) is 0 Å². The zero-order valence-electron chi connectivity index (χ0n) is 17.8. The maximum absolute atomic E-state index is 11.6. The van der Waals surface area contributed by atoms with Gasteiger partial charge in [-0.3, -0.25) is 14.7 Å². The average molecular weight is 404 g/mol. The molecule has 1 aliphatic carbocycles. The molecular weight excluding hydrogens is 366 g/mol. The van der Waals surface area contributed by atoms with Gasteiger partial charge in [0.25, 0.3) is 0 Å². The lowest BCUT2D eigenvalue weighted by molar-refractivity contribution is -0.122. The van der Waals surface area contributed by atoms with Gasteiger partial charge >= 0.3 is 0 Å². The number of nitrogens with zero attached hydrogens (tertiary/aromatic N) is 2. The first-order chi connectivity index (χ1) is 14.2. The minimum atomic E-state index is 0.0886. The van der Waals surface area contributed by atoms with Crippen molar-refractivity contribution in [2.45, 2.75) is 57.4 Å². The van der Waals surface area contributed by atoms with Crippen molar-refractivity contribution in [2.24, 2.45) is 10.9 Å².